The molecule has 3 N–H and O–H groups in total. The first kappa shape index (κ1) is 16.6. The van der Waals surface area contributed by atoms with Gasteiger partial charge in [0.1, 0.15) is 5.54 Å². The lowest BCUT2D eigenvalue weighted by atomic mass is 9.78. The molecule has 116 valence electrons. The lowest BCUT2D eigenvalue weighted by Gasteiger charge is -2.38. The van der Waals surface area contributed by atoms with Crippen LogP contribution in [0.15, 0.2) is 22.7 Å². The van der Waals surface area contributed by atoms with E-state index in [4.69, 9.17) is 22.1 Å². The molecular weight excluding hydrogens is 356 g/mol. The summed E-state index contributed by atoms with van der Waals surface area (Å²) in [5, 5.41) is 3.89. The summed E-state index contributed by atoms with van der Waals surface area (Å²) in [6.07, 6.45) is 0.489. The maximum atomic E-state index is 12.2. The largest absolute Gasteiger partial charge is 0.369 e. The second-order valence-electron chi connectivity index (χ2n) is 6.57. The molecule has 2 rings (SSSR count). The topological polar surface area (TPSA) is 64.3 Å². The van der Waals surface area contributed by atoms with Crippen LogP contribution in [0.25, 0.3) is 0 Å². The van der Waals surface area contributed by atoms with Crippen molar-refractivity contribution in [2.45, 2.75) is 50.9 Å². The fourth-order valence-electron chi connectivity index (χ4n) is 3.13. The molecule has 0 spiro atoms. The van der Waals surface area contributed by atoms with Gasteiger partial charge in [0, 0.05) is 16.6 Å². The molecule has 1 fully saturated rings. The molecule has 1 saturated heterocycles. The zero-order valence-corrected chi connectivity index (χ0v) is 14.9. The summed E-state index contributed by atoms with van der Waals surface area (Å²) in [4.78, 5) is 12.2. The van der Waals surface area contributed by atoms with Gasteiger partial charge in [0.25, 0.3) is 0 Å². The standard InChI is InChI=1S/C15H20BrClN2O2/c1-13(2)8-15(12(18)20,14(3,4)21-13)19-9-5-6-11(17)10(16)7-9/h5-7,19H,8H2,1-4H3,(H2,18,20). The molecular formula is C15H20BrClN2O2. The average molecular weight is 376 g/mol. The van der Waals surface area contributed by atoms with Crippen molar-refractivity contribution in [2.24, 2.45) is 5.73 Å². The second kappa shape index (κ2) is 5.14. The Labute approximate surface area is 138 Å². The number of anilines is 1. The number of nitrogens with one attached hydrogen (secondary N) is 1. The van der Waals surface area contributed by atoms with Crippen molar-refractivity contribution in [3.63, 3.8) is 0 Å². The Kier molecular flexibility index (Phi) is 4.06. The van der Waals surface area contributed by atoms with Gasteiger partial charge in [-0.25, -0.2) is 0 Å². The molecule has 4 nitrogen and oxygen atoms in total. The summed E-state index contributed by atoms with van der Waals surface area (Å²) < 4.78 is 6.79. The van der Waals surface area contributed by atoms with Gasteiger partial charge in [0.2, 0.25) is 5.91 Å². The summed E-state index contributed by atoms with van der Waals surface area (Å²) in [5.41, 5.74) is 4.34. The maximum Gasteiger partial charge on any atom is 0.246 e. The summed E-state index contributed by atoms with van der Waals surface area (Å²) in [5.74, 6) is -0.427. The first-order chi connectivity index (χ1) is 9.49. The summed E-state index contributed by atoms with van der Waals surface area (Å²) in [6, 6.07) is 5.41. The van der Waals surface area contributed by atoms with E-state index >= 15 is 0 Å². The highest BCUT2D eigenvalue weighted by Gasteiger charge is 2.61. The number of benzene rings is 1. The number of carbonyl (C=O) groups is 1. The van der Waals surface area contributed by atoms with E-state index in [-0.39, 0.29) is 0 Å². The lowest BCUT2D eigenvalue weighted by Crippen LogP contribution is -2.61. The zero-order valence-electron chi connectivity index (χ0n) is 12.6. The molecule has 1 aliphatic rings. The third kappa shape index (κ3) is 2.91. The van der Waals surface area contributed by atoms with Crippen LogP contribution in [0.5, 0.6) is 0 Å². The highest BCUT2D eigenvalue weighted by Crippen LogP contribution is 2.47. The van der Waals surface area contributed by atoms with E-state index in [0.717, 1.165) is 10.2 Å². The Morgan fingerprint density at radius 1 is 1.38 bits per heavy atom. The van der Waals surface area contributed by atoms with Crippen LogP contribution in [0, 0.1) is 0 Å². The SMILES string of the molecule is CC1(C)CC(Nc2ccc(Cl)c(Br)c2)(C(N)=O)C(C)(C)O1. The number of rotatable bonds is 3. The number of amides is 1. The van der Waals surface area contributed by atoms with Crippen molar-refractivity contribution in [3.05, 3.63) is 27.7 Å². The van der Waals surface area contributed by atoms with Crippen LogP contribution in [0.4, 0.5) is 5.69 Å². The molecule has 1 atom stereocenters. The van der Waals surface area contributed by atoms with E-state index in [1.165, 1.54) is 0 Å². The van der Waals surface area contributed by atoms with Gasteiger partial charge < -0.3 is 15.8 Å². The van der Waals surface area contributed by atoms with Crippen LogP contribution in [0.3, 0.4) is 0 Å². The van der Waals surface area contributed by atoms with E-state index in [0.29, 0.717) is 11.4 Å². The molecule has 1 aliphatic heterocycles. The molecule has 1 amide bonds. The highest BCUT2D eigenvalue weighted by atomic mass is 79.9. The Morgan fingerprint density at radius 3 is 2.43 bits per heavy atom. The van der Waals surface area contributed by atoms with Crippen LogP contribution >= 0.6 is 27.5 Å². The van der Waals surface area contributed by atoms with E-state index in [2.05, 4.69) is 21.2 Å². The molecule has 0 saturated carbocycles. The first-order valence-corrected chi connectivity index (χ1v) is 7.90. The molecule has 1 aromatic rings. The van der Waals surface area contributed by atoms with Crippen LogP contribution in [-0.4, -0.2) is 22.6 Å². The Bertz CT molecular complexity index is 589. The monoisotopic (exact) mass is 374 g/mol. The molecule has 0 radical (unpaired) electrons. The van der Waals surface area contributed by atoms with Crippen LogP contribution < -0.4 is 11.1 Å². The highest BCUT2D eigenvalue weighted by molar-refractivity contribution is 9.10. The second-order valence-corrected chi connectivity index (χ2v) is 7.83. The Balaban J connectivity index is 2.44. The minimum absolute atomic E-state index is 0.427. The van der Waals surface area contributed by atoms with E-state index in [1.54, 1.807) is 6.07 Å². The van der Waals surface area contributed by atoms with Gasteiger partial charge in [0.05, 0.1) is 16.2 Å². The van der Waals surface area contributed by atoms with Gasteiger partial charge in [-0.05, 0) is 61.8 Å². The number of hydrogen-bond acceptors (Lipinski definition) is 3. The normalized spacial score (nSPS) is 26.6. The number of carbonyl (C=O) groups excluding carboxylic acids is 1. The smallest absolute Gasteiger partial charge is 0.246 e. The first-order valence-electron chi connectivity index (χ1n) is 6.72. The number of ether oxygens (including phenoxy) is 1. The summed E-state index contributed by atoms with van der Waals surface area (Å²) >= 11 is 9.39. The van der Waals surface area contributed by atoms with Gasteiger partial charge in [0.15, 0.2) is 0 Å². The molecule has 0 aliphatic carbocycles. The predicted octanol–water partition coefficient (Wildman–Crippen LogP) is 3.72. The van der Waals surface area contributed by atoms with Crippen molar-refractivity contribution in [3.8, 4) is 0 Å². The van der Waals surface area contributed by atoms with Gasteiger partial charge in [-0.15, -0.1) is 0 Å². The van der Waals surface area contributed by atoms with Crippen molar-refractivity contribution in [1.82, 2.24) is 0 Å². The van der Waals surface area contributed by atoms with Gasteiger partial charge in [-0.3, -0.25) is 4.79 Å². The average Bonchev–Trinajstić information content (AvgIpc) is 2.49. The Hall–Kier alpha value is -0.780. The van der Waals surface area contributed by atoms with Crippen LogP contribution in [0.1, 0.15) is 34.1 Å². The Morgan fingerprint density at radius 2 is 2.00 bits per heavy atom. The number of halogens is 2. The van der Waals surface area contributed by atoms with Crippen LogP contribution in [0.2, 0.25) is 5.02 Å². The number of primary amides is 1. The molecule has 0 aromatic heterocycles. The maximum absolute atomic E-state index is 12.2. The third-order valence-corrected chi connectivity index (χ3v) is 5.16. The predicted molar refractivity (Wildman–Crippen MR) is 88.6 cm³/mol. The van der Waals surface area contributed by atoms with Crippen molar-refractivity contribution in [1.29, 1.82) is 0 Å². The molecule has 21 heavy (non-hydrogen) atoms. The van der Waals surface area contributed by atoms with E-state index < -0.39 is 22.6 Å². The number of hydrogen-bond donors (Lipinski definition) is 2. The van der Waals surface area contributed by atoms with Crippen molar-refractivity contribution < 1.29 is 9.53 Å². The van der Waals surface area contributed by atoms with E-state index in [1.807, 2.05) is 39.8 Å². The molecule has 6 heteroatoms. The molecule has 1 aromatic carbocycles. The fourth-order valence-corrected chi connectivity index (χ4v) is 3.62. The molecule has 1 heterocycles. The fraction of sp³-hybridized carbons (Fsp3) is 0.533. The van der Waals surface area contributed by atoms with Crippen LogP contribution in [-0.2, 0) is 9.53 Å². The summed E-state index contributed by atoms with van der Waals surface area (Å²) in [7, 11) is 0. The lowest BCUT2D eigenvalue weighted by molar-refractivity contribution is -0.129. The van der Waals surface area contributed by atoms with Gasteiger partial charge in [-0.2, -0.15) is 0 Å². The molecule has 0 bridgehead atoms. The molecule has 1 unspecified atom stereocenters. The zero-order chi connectivity index (χ0) is 16.1. The quantitative estimate of drug-likeness (QED) is 0.846. The summed E-state index contributed by atoms with van der Waals surface area (Å²) in [6.45, 7) is 7.67. The van der Waals surface area contributed by atoms with Gasteiger partial charge >= 0.3 is 0 Å². The number of nitrogens with two attached hydrogens (primary N) is 1. The van der Waals surface area contributed by atoms with Crippen molar-refractivity contribution >= 4 is 39.1 Å². The van der Waals surface area contributed by atoms with Crippen molar-refractivity contribution in [2.75, 3.05) is 5.32 Å². The van der Waals surface area contributed by atoms with Gasteiger partial charge in [-0.1, -0.05) is 11.6 Å². The minimum Gasteiger partial charge on any atom is -0.369 e. The third-order valence-electron chi connectivity index (χ3n) is 3.95. The minimum atomic E-state index is -0.982. The van der Waals surface area contributed by atoms with E-state index in [9.17, 15) is 4.79 Å².